The summed E-state index contributed by atoms with van der Waals surface area (Å²) in [6.07, 6.45) is 0.117. The Labute approximate surface area is 257 Å². The van der Waals surface area contributed by atoms with Gasteiger partial charge in [-0.05, 0) is 62.2 Å². The van der Waals surface area contributed by atoms with Gasteiger partial charge in [-0.1, -0.05) is 12.1 Å². The number of carbonyl (C=O) groups excluding carboxylic acids is 3. The van der Waals surface area contributed by atoms with Crippen LogP contribution in [0.5, 0.6) is 11.5 Å². The minimum Gasteiger partial charge on any atom is -0.508 e. The lowest BCUT2D eigenvalue weighted by Crippen LogP contribution is -2.65. The van der Waals surface area contributed by atoms with Crippen molar-refractivity contribution in [2.45, 2.75) is 37.6 Å². The zero-order valence-electron chi connectivity index (χ0n) is 25.0. The highest BCUT2D eigenvalue weighted by Gasteiger charge is 2.64. The predicted molar refractivity (Wildman–Crippen MR) is 159 cm³/mol. The molecule has 0 heterocycles. The summed E-state index contributed by atoms with van der Waals surface area (Å²) in [5, 5.41) is 48.9. The molecule has 0 unspecified atom stereocenters. The quantitative estimate of drug-likeness (QED) is 0.186. The highest BCUT2D eigenvalue weighted by molar-refractivity contribution is 6.24. The first-order valence-corrected chi connectivity index (χ1v) is 14.1. The summed E-state index contributed by atoms with van der Waals surface area (Å²) in [5.74, 6) is -7.28. The number of amides is 1. The normalized spacial score (nSPS) is 24.4. The minimum absolute atomic E-state index is 0.0181. The number of primary amides is 1. The standard InChI is InChI=1S/C31H34F2N4O8/c1-36(2)19-11-18(35-12-13-5-7-15(8-6-13)45-30(32)33)24(38)21-16(19)9-14-10-17-23(37(3)4)26(40)22(29(34)43)28(42)31(17,44)27(41)20(14)25(21)39/h5-8,11,14,17,23,30,35,38-39,42,44H,9-10,12H2,1-4H3,(H2,34,43)/t14-,17-,23-,31-/m0/s1. The average molecular weight is 629 g/mol. The van der Waals surface area contributed by atoms with Crippen molar-refractivity contribution in [3.05, 3.63) is 63.9 Å². The summed E-state index contributed by atoms with van der Waals surface area (Å²) in [5.41, 5.74) is 3.42. The number of fused-ring (bicyclic) bond motifs is 3. The highest BCUT2D eigenvalue weighted by atomic mass is 19.3. The third kappa shape index (κ3) is 5.03. The fourth-order valence-corrected chi connectivity index (χ4v) is 6.81. The maximum Gasteiger partial charge on any atom is 0.387 e. The van der Waals surface area contributed by atoms with Crippen molar-refractivity contribution in [3.63, 3.8) is 0 Å². The number of aliphatic hydroxyl groups excluding tert-OH is 2. The Kier molecular flexibility index (Phi) is 8.00. The van der Waals surface area contributed by atoms with Gasteiger partial charge in [0.1, 0.15) is 28.6 Å². The number of anilines is 2. The van der Waals surface area contributed by atoms with Crippen LogP contribution >= 0.6 is 0 Å². The molecular formula is C31H34F2N4O8. The Balaban J connectivity index is 1.59. The molecule has 0 aliphatic heterocycles. The number of phenolic OH excluding ortho intramolecular Hbond substituents is 1. The smallest absolute Gasteiger partial charge is 0.387 e. The molecule has 240 valence electrons. The van der Waals surface area contributed by atoms with Crippen LogP contribution in [0.3, 0.4) is 0 Å². The molecule has 7 N–H and O–H groups in total. The van der Waals surface area contributed by atoms with Gasteiger partial charge in [0.2, 0.25) is 5.78 Å². The number of rotatable bonds is 8. The number of carbonyl (C=O) groups is 3. The van der Waals surface area contributed by atoms with E-state index in [0.29, 0.717) is 16.8 Å². The Morgan fingerprint density at radius 1 is 1.13 bits per heavy atom. The van der Waals surface area contributed by atoms with E-state index in [1.807, 2.05) is 0 Å². The van der Waals surface area contributed by atoms with Gasteiger partial charge in [0, 0.05) is 37.8 Å². The molecule has 1 saturated carbocycles. The van der Waals surface area contributed by atoms with E-state index < -0.39 is 64.7 Å². The Morgan fingerprint density at radius 3 is 2.33 bits per heavy atom. The van der Waals surface area contributed by atoms with E-state index >= 15 is 0 Å². The van der Waals surface area contributed by atoms with Crippen LogP contribution in [0.25, 0.3) is 5.76 Å². The second-order valence-corrected chi connectivity index (χ2v) is 11.9. The maximum atomic E-state index is 14.1. The summed E-state index contributed by atoms with van der Waals surface area (Å²) in [4.78, 5) is 42.8. The number of phenols is 1. The van der Waals surface area contributed by atoms with Crippen molar-refractivity contribution >= 4 is 34.6 Å². The van der Waals surface area contributed by atoms with E-state index in [0.717, 1.165) is 0 Å². The summed E-state index contributed by atoms with van der Waals surface area (Å²) in [6.45, 7) is -2.82. The van der Waals surface area contributed by atoms with E-state index in [9.17, 15) is 43.6 Å². The molecule has 14 heteroatoms. The fourth-order valence-electron chi connectivity index (χ4n) is 6.81. The fraction of sp³-hybridized carbons (Fsp3) is 0.387. The largest absolute Gasteiger partial charge is 0.508 e. The first kappa shape index (κ1) is 31.7. The van der Waals surface area contributed by atoms with Gasteiger partial charge < -0.3 is 41.1 Å². The van der Waals surface area contributed by atoms with Gasteiger partial charge in [0.05, 0.1) is 17.3 Å². The lowest BCUT2D eigenvalue weighted by Gasteiger charge is -2.50. The number of aliphatic hydroxyl groups is 3. The number of alkyl halides is 2. The lowest BCUT2D eigenvalue weighted by molar-refractivity contribution is -0.153. The number of aromatic hydroxyl groups is 1. The van der Waals surface area contributed by atoms with Crippen molar-refractivity contribution in [3.8, 4) is 11.5 Å². The molecule has 4 atom stereocenters. The van der Waals surface area contributed by atoms with Crippen LogP contribution in [-0.2, 0) is 27.3 Å². The van der Waals surface area contributed by atoms with Gasteiger partial charge in [0.25, 0.3) is 5.91 Å². The summed E-state index contributed by atoms with van der Waals surface area (Å²) in [6, 6.07) is 6.36. The lowest BCUT2D eigenvalue weighted by atomic mass is 9.57. The Bertz CT molecular complexity index is 1650. The van der Waals surface area contributed by atoms with Gasteiger partial charge in [-0.15, -0.1) is 0 Å². The number of Topliss-reactive ketones (excluding diaryl/α,β-unsaturated/α-hetero) is 2. The predicted octanol–water partition coefficient (Wildman–Crippen LogP) is 2.24. The SMILES string of the molecule is CN(C)c1cc(NCc2ccc(OC(F)F)cc2)c(O)c2c1C[C@H]1C[C@H]3[C@H](N(C)C)C(=O)C(C(N)=O)=C(O)[C@@]3(O)C(=O)C1=C2O. The molecule has 3 aliphatic rings. The van der Waals surface area contributed by atoms with Gasteiger partial charge in [-0.25, -0.2) is 0 Å². The van der Waals surface area contributed by atoms with Gasteiger partial charge in [0.15, 0.2) is 11.4 Å². The third-order valence-electron chi connectivity index (χ3n) is 8.81. The topological polar surface area (TPSA) is 186 Å². The van der Waals surface area contributed by atoms with Gasteiger partial charge in [-0.3, -0.25) is 19.3 Å². The molecule has 0 bridgehead atoms. The Hall–Kier alpha value is -4.69. The molecule has 1 amide bonds. The molecule has 0 radical (unpaired) electrons. The molecule has 3 aliphatic carbocycles. The van der Waals surface area contributed by atoms with Crippen LogP contribution in [0.2, 0.25) is 0 Å². The number of nitrogens with zero attached hydrogens (tertiary/aromatic N) is 2. The number of likely N-dealkylation sites (N-methyl/N-ethyl adjacent to an activating group) is 1. The van der Waals surface area contributed by atoms with Crippen molar-refractivity contribution in [1.29, 1.82) is 0 Å². The number of nitrogens with one attached hydrogen (secondary N) is 1. The minimum atomic E-state index is -2.96. The van der Waals surface area contributed by atoms with E-state index in [2.05, 4.69) is 10.1 Å². The van der Waals surface area contributed by atoms with E-state index in [4.69, 9.17) is 5.73 Å². The summed E-state index contributed by atoms with van der Waals surface area (Å²) in [7, 11) is 6.59. The van der Waals surface area contributed by atoms with Gasteiger partial charge >= 0.3 is 6.61 Å². The van der Waals surface area contributed by atoms with Crippen molar-refractivity contribution in [2.24, 2.45) is 17.6 Å². The number of halogens is 2. The second-order valence-electron chi connectivity index (χ2n) is 11.9. The van der Waals surface area contributed by atoms with Crippen molar-refractivity contribution < 1.29 is 48.3 Å². The number of hydrogen-bond donors (Lipinski definition) is 6. The Morgan fingerprint density at radius 2 is 1.78 bits per heavy atom. The highest BCUT2D eigenvalue weighted by Crippen LogP contribution is 2.54. The van der Waals surface area contributed by atoms with Gasteiger partial charge in [-0.2, -0.15) is 8.78 Å². The average Bonchev–Trinajstić information content (AvgIpc) is 2.94. The van der Waals surface area contributed by atoms with Crippen LogP contribution in [0.15, 0.2) is 47.2 Å². The first-order valence-electron chi connectivity index (χ1n) is 14.1. The molecular weight excluding hydrogens is 594 g/mol. The third-order valence-corrected chi connectivity index (χ3v) is 8.81. The number of ether oxygens (including phenoxy) is 1. The number of nitrogens with two attached hydrogens (primary N) is 1. The van der Waals surface area contributed by atoms with E-state index in [1.165, 1.54) is 31.1 Å². The van der Waals surface area contributed by atoms with Crippen molar-refractivity contribution in [1.82, 2.24) is 4.90 Å². The number of hydrogen-bond acceptors (Lipinski definition) is 11. The summed E-state index contributed by atoms with van der Waals surface area (Å²) < 4.78 is 29.4. The first-order chi connectivity index (χ1) is 21.1. The van der Waals surface area contributed by atoms with Crippen LogP contribution < -0.4 is 20.7 Å². The van der Waals surface area contributed by atoms with Crippen molar-refractivity contribution in [2.75, 3.05) is 38.4 Å². The molecule has 0 aromatic heterocycles. The summed E-state index contributed by atoms with van der Waals surface area (Å²) >= 11 is 0. The van der Waals surface area contributed by atoms with Crippen LogP contribution in [0.1, 0.15) is 23.1 Å². The second kappa shape index (κ2) is 11.3. The van der Waals surface area contributed by atoms with Crippen LogP contribution in [0, 0.1) is 11.8 Å². The molecule has 0 saturated heterocycles. The zero-order valence-corrected chi connectivity index (χ0v) is 25.0. The molecule has 12 nitrogen and oxygen atoms in total. The van der Waals surface area contributed by atoms with Crippen LogP contribution in [0.4, 0.5) is 20.2 Å². The molecule has 2 aromatic rings. The van der Waals surface area contributed by atoms with E-state index in [-0.39, 0.29) is 47.7 Å². The number of ketones is 2. The molecule has 2 aromatic carbocycles. The molecule has 45 heavy (non-hydrogen) atoms. The zero-order chi connectivity index (χ0) is 33.1. The molecule has 0 spiro atoms. The monoisotopic (exact) mass is 628 g/mol. The van der Waals surface area contributed by atoms with E-state index in [1.54, 1.807) is 37.2 Å². The molecule has 1 fully saturated rings. The number of benzene rings is 2. The molecule has 5 rings (SSSR count). The van der Waals surface area contributed by atoms with Crippen LogP contribution in [-0.4, -0.2) is 89.2 Å². The maximum absolute atomic E-state index is 14.1.